The highest BCUT2D eigenvalue weighted by Gasteiger charge is 2.46. The van der Waals surface area contributed by atoms with Gasteiger partial charge in [-0.05, 0) is 5.92 Å². The van der Waals surface area contributed by atoms with Gasteiger partial charge in [-0.3, -0.25) is 24.0 Å². The molecule has 0 bridgehead atoms. The van der Waals surface area contributed by atoms with E-state index in [-0.39, 0.29) is 0 Å². The van der Waals surface area contributed by atoms with Crippen LogP contribution >= 0.6 is 0 Å². The third kappa shape index (κ3) is 6.68. The highest BCUT2D eigenvalue weighted by Crippen LogP contribution is 2.43. The average Bonchev–Trinajstić information content (AvgIpc) is 2.23. The quantitative estimate of drug-likeness (QED) is 0.345. The van der Waals surface area contributed by atoms with Gasteiger partial charge >= 0.3 is 29.8 Å². The van der Waals surface area contributed by atoms with Gasteiger partial charge in [0.05, 0.1) is 19.3 Å². The molecule has 0 spiro atoms. The van der Waals surface area contributed by atoms with E-state index >= 15 is 0 Å². The molecule has 0 aromatic heterocycles. The van der Waals surface area contributed by atoms with Crippen LogP contribution in [0.2, 0.25) is 0 Å². The molecule has 0 rings (SSSR count). The van der Waals surface area contributed by atoms with Crippen LogP contribution in [0.4, 0.5) is 0 Å². The molecule has 0 aliphatic carbocycles. The van der Waals surface area contributed by atoms with E-state index in [1.807, 2.05) is 0 Å². The fourth-order valence-electron chi connectivity index (χ4n) is 2.45. The lowest BCUT2D eigenvalue weighted by molar-refractivity contribution is -0.157. The summed E-state index contributed by atoms with van der Waals surface area (Å²) in [5.41, 5.74) is -2.01. The van der Waals surface area contributed by atoms with Gasteiger partial charge in [0.25, 0.3) is 0 Å². The second kappa shape index (κ2) is 7.96. The molecule has 10 heteroatoms. The van der Waals surface area contributed by atoms with Crippen LogP contribution in [0, 0.1) is 11.3 Å². The number of carbonyl (C=O) groups is 5. The molecule has 0 saturated carbocycles. The Hall–Kier alpha value is -2.65. The summed E-state index contributed by atoms with van der Waals surface area (Å²) < 4.78 is 0. The summed E-state index contributed by atoms with van der Waals surface area (Å²) >= 11 is 0. The maximum atomic E-state index is 11.0. The van der Waals surface area contributed by atoms with Crippen molar-refractivity contribution in [1.82, 2.24) is 0 Å². The first-order chi connectivity index (χ1) is 9.98. The van der Waals surface area contributed by atoms with Gasteiger partial charge in [0, 0.05) is 18.3 Å². The molecule has 0 aromatic rings. The van der Waals surface area contributed by atoms with Crippen LogP contribution in [0.5, 0.6) is 0 Å². The minimum Gasteiger partial charge on any atom is -0.481 e. The highest BCUT2D eigenvalue weighted by molar-refractivity contribution is 5.77. The van der Waals surface area contributed by atoms with Gasteiger partial charge < -0.3 is 25.5 Å². The monoisotopic (exact) mass is 320 g/mol. The minimum atomic E-state index is -2.01. The van der Waals surface area contributed by atoms with E-state index in [1.54, 1.807) is 0 Å². The topological polar surface area (TPSA) is 186 Å². The smallest absolute Gasteiger partial charge is 0.303 e. The number of rotatable bonds is 11. The Labute approximate surface area is 124 Å². The van der Waals surface area contributed by atoms with E-state index in [1.165, 1.54) is 0 Å². The van der Waals surface area contributed by atoms with Gasteiger partial charge in [-0.15, -0.1) is 0 Å². The molecule has 10 nitrogen and oxygen atoms in total. The summed E-state index contributed by atoms with van der Waals surface area (Å²) in [6, 6.07) is 0. The van der Waals surface area contributed by atoms with Gasteiger partial charge in [0.15, 0.2) is 0 Å². The van der Waals surface area contributed by atoms with Crippen LogP contribution in [-0.4, -0.2) is 55.4 Å². The fourth-order valence-corrected chi connectivity index (χ4v) is 2.45. The van der Waals surface area contributed by atoms with Crippen molar-refractivity contribution in [2.75, 3.05) is 0 Å². The number of carboxylic acids is 5. The predicted octanol–water partition coefficient (Wildman–Crippen LogP) is -0.0375. The largest absolute Gasteiger partial charge is 0.481 e. The second-order valence-corrected chi connectivity index (χ2v) is 4.97. The molecule has 0 heterocycles. The van der Waals surface area contributed by atoms with Crippen LogP contribution < -0.4 is 0 Å². The molecule has 0 unspecified atom stereocenters. The Morgan fingerprint density at radius 2 is 0.864 bits per heavy atom. The van der Waals surface area contributed by atoms with Gasteiger partial charge in [-0.1, -0.05) is 0 Å². The summed E-state index contributed by atoms with van der Waals surface area (Å²) in [5.74, 6) is -9.02. The molecule has 22 heavy (non-hydrogen) atoms. The Kier molecular flexibility index (Phi) is 7.00. The molecule has 5 N–H and O–H groups in total. The van der Waals surface area contributed by atoms with E-state index < -0.39 is 73.3 Å². The van der Waals surface area contributed by atoms with Crippen molar-refractivity contribution < 1.29 is 49.5 Å². The van der Waals surface area contributed by atoms with Crippen LogP contribution in [0.3, 0.4) is 0 Å². The molecule has 0 fully saturated rings. The van der Waals surface area contributed by atoms with Crippen molar-refractivity contribution in [3.05, 3.63) is 0 Å². The third-order valence-electron chi connectivity index (χ3n) is 3.22. The normalized spacial score (nSPS) is 11.1. The summed E-state index contributed by atoms with van der Waals surface area (Å²) in [4.78, 5) is 54.6. The summed E-state index contributed by atoms with van der Waals surface area (Å²) in [5, 5.41) is 44.4. The zero-order chi connectivity index (χ0) is 17.5. The van der Waals surface area contributed by atoms with Gasteiger partial charge in [-0.25, -0.2) is 0 Å². The van der Waals surface area contributed by atoms with Gasteiger partial charge in [0.2, 0.25) is 0 Å². The molecule has 0 saturated heterocycles. The van der Waals surface area contributed by atoms with Crippen molar-refractivity contribution in [2.24, 2.45) is 11.3 Å². The van der Waals surface area contributed by atoms with Crippen molar-refractivity contribution in [1.29, 1.82) is 0 Å². The molecular weight excluding hydrogens is 304 g/mol. The van der Waals surface area contributed by atoms with Crippen LogP contribution in [-0.2, 0) is 24.0 Å². The Bertz CT molecular complexity index is 424. The molecule has 0 aromatic carbocycles. The number of aliphatic carboxylic acids is 5. The SMILES string of the molecule is O=C(O)CC(CC(=O)O)C(CC(=O)O)(CC(=O)O)CC(=O)O. The van der Waals surface area contributed by atoms with Crippen molar-refractivity contribution in [3.63, 3.8) is 0 Å². The van der Waals surface area contributed by atoms with E-state index in [2.05, 4.69) is 0 Å². The van der Waals surface area contributed by atoms with E-state index in [0.29, 0.717) is 0 Å². The molecule has 0 amide bonds. The highest BCUT2D eigenvalue weighted by atomic mass is 16.4. The van der Waals surface area contributed by atoms with Gasteiger partial charge in [0.1, 0.15) is 0 Å². The summed E-state index contributed by atoms with van der Waals surface area (Å²) in [6.45, 7) is 0. The van der Waals surface area contributed by atoms with Crippen molar-refractivity contribution >= 4 is 29.8 Å². The number of carboxylic acid groups (broad SMARTS) is 5. The molecule has 0 aliphatic rings. The second-order valence-electron chi connectivity index (χ2n) is 4.97. The zero-order valence-electron chi connectivity index (χ0n) is 11.4. The first kappa shape index (κ1) is 19.4. The number of hydrogen-bond donors (Lipinski definition) is 5. The average molecular weight is 320 g/mol. The third-order valence-corrected chi connectivity index (χ3v) is 3.22. The molecule has 124 valence electrons. The first-order valence-electron chi connectivity index (χ1n) is 6.07. The minimum absolute atomic E-state index is 0.847. The van der Waals surface area contributed by atoms with Gasteiger partial charge in [-0.2, -0.15) is 0 Å². The summed E-state index contributed by atoms with van der Waals surface area (Å²) in [7, 11) is 0. The maximum absolute atomic E-state index is 11.0. The van der Waals surface area contributed by atoms with E-state index in [9.17, 15) is 24.0 Å². The lowest BCUT2D eigenvalue weighted by Crippen LogP contribution is -2.40. The first-order valence-corrected chi connectivity index (χ1v) is 6.07. The Morgan fingerprint density at radius 1 is 0.591 bits per heavy atom. The van der Waals surface area contributed by atoms with E-state index in [0.717, 1.165) is 0 Å². The summed E-state index contributed by atoms with van der Waals surface area (Å²) in [6.07, 6.45) is -4.58. The molecular formula is C12H16O10. The van der Waals surface area contributed by atoms with Crippen LogP contribution in [0.25, 0.3) is 0 Å². The fraction of sp³-hybridized carbons (Fsp3) is 0.583. The lowest BCUT2D eigenvalue weighted by atomic mass is 9.65. The van der Waals surface area contributed by atoms with E-state index in [4.69, 9.17) is 25.5 Å². The Morgan fingerprint density at radius 3 is 1.05 bits per heavy atom. The predicted molar refractivity (Wildman–Crippen MR) is 67.2 cm³/mol. The zero-order valence-corrected chi connectivity index (χ0v) is 11.4. The standard InChI is InChI=1S/C12H16O10/c13-7(14)1-6(2-8(15)16)12(3-9(17)18,4-10(19)20)5-11(21)22/h6H,1-5H2,(H,13,14)(H,15,16)(H,17,18)(H,19,20)(H,21,22). The van der Waals surface area contributed by atoms with Crippen LogP contribution in [0.1, 0.15) is 32.1 Å². The molecule has 0 atom stereocenters. The van der Waals surface area contributed by atoms with Crippen molar-refractivity contribution in [3.8, 4) is 0 Å². The maximum Gasteiger partial charge on any atom is 0.303 e. The lowest BCUT2D eigenvalue weighted by Gasteiger charge is -2.36. The molecule has 0 radical (unpaired) electrons. The Balaban J connectivity index is 5.89. The molecule has 0 aliphatic heterocycles. The number of hydrogen-bond acceptors (Lipinski definition) is 5. The van der Waals surface area contributed by atoms with Crippen LogP contribution in [0.15, 0.2) is 0 Å². The van der Waals surface area contributed by atoms with Crippen molar-refractivity contribution in [2.45, 2.75) is 32.1 Å².